The van der Waals surface area contributed by atoms with Crippen LogP contribution in [0, 0.1) is 11.8 Å². The van der Waals surface area contributed by atoms with Crippen LogP contribution >= 0.6 is 0 Å². The number of nitrogens with one attached hydrogen (secondary N) is 3. The number of carbonyl (C=O) groups is 2. The van der Waals surface area contributed by atoms with Crippen LogP contribution in [0.3, 0.4) is 0 Å². The zero-order valence-corrected chi connectivity index (χ0v) is 18.8. The highest BCUT2D eigenvalue weighted by atomic mass is 16.2. The molecule has 1 heterocycles. The number of hydrazine groups is 1. The number of nitrogens with zero attached hydrogens (tertiary/aromatic N) is 1. The highest BCUT2D eigenvalue weighted by Crippen LogP contribution is 2.27. The van der Waals surface area contributed by atoms with E-state index in [0.29, 0.717) is 19.6 Å². The van der Waals surface area contributed by atoms with Crippen molar-refractivity contribution in [3.63, 3.8) is 0 Å². The van der Waals surface area contributed by atoms with Gasteiger partial charge in [-0.05, 0) is 29.5 Å². The first-order valence-corrected chi connectivity index (χ1v) is 11.8. The Morgan fingerprint density at radius 3 is 2.41 bits per heavy atom. The van der Waals surface area contributed by atoms with Gasteiger partial charge in [-0.3, -0.25) is 15.0 Å². The number of rotatable bonds is 7. The summed E-state index contributed by atoms with van der Waals surface area (Å²) < 4.78 is 0. The summed E-state index contributed by atoms with van der Waals surface area (Å²) in [5, 5.41) is 3.10. The maximum Gasteiger partial charge on any atom is 0.229 e. The van der Waals surface area contributed by atoms with Gasteiger partial charge in [0.2, 0.25) is 11.8 Å². The van der Waals surface area contributed by atoms with Crippen molar-refractivity contribution in [2.45, 2.75) is 51.2 Å². The summed E-state index contributed by atoms with van der Waals surface area (Å²) in [6.07, 6.45) is 5.60. The lowest BCUT2D eigenvalue weighted by Gasteiger charge is -2.25. The van der Waals surface area contributed by atoms with Crippen molar-refractivity contribution in [2.24, 2.45) is 11.8 Å². The summed E-state index contributed by atoms with van der Waals surface area (Å²) in [5.74, 6) is 0.319. The van der Waals surface area contributed by atoms with Crippen molar-refractivity contribution in [3.05, 3.63) is 71.3 Å². The van der Waals surface area contributed by atoms with Gasteiger partial charge in [0.25, 0.3) is 0 Å². The van der Waals surface area contributed by atoms with Crippen molar-refractivity contribution in [1.82, 2.24) is 21.1 Å². The van der Waals surface area contributed by atoms with Crippen LogP contribution in [0.15, 0.2) is 54.6 Å². The predicted octanol–water partition coefficient (Wildman–Crippen LogP) is 3.31. The molecule has 32 heavy (non-hydrogen) atoms. The van der Waals surface area contributed by atoms with Crippen molar-refractivity contribution in [3.8, 4) is 0 Å². The molecule has 2 amide bonds. The summed E-state index contributed by atoms with van der Waals surface area (Å²) in [7, 11) is 1.86. The number of carbonyl (C=O) groups excluding carboxylic acids is 2. The molecule has 2 fully saturated rings. The van der Waals surface area contributed by atoms with Crippen LogP contribution in [0.5, 0.6) is 0 Å². The van der Waals surface area contributed by atoms with E-state index in [1.54, 1.807) is 4.90 Å². The van der Waals surface area contributed by atoms with Gasteiger partial charge in [0, 0.05) is 32.6 Å². The van der Waals surface area contributed by atoms with Gasteiger partial charge in [-0.2, -0.15) is 0 Å². The summed E-state index contributed by atoms with van der Waals surface area (Å²) in [6, 6.07) is 18.2. The third-order valence-corrected chi connectivity index (χ3v) is 6.72. The SMILES string of the molecule is CN(Cc1ccccc1)C(=O)C1CNNC1c1ccc(CNC(=O)C2CCCCC2)cc1. The Hall–Kier alpha value is -2.70. The van der Waals surface area contributed by atoms with Crippen molar-refractivity contribution in [2.75, 3.05) is 13.6 Å². The van der Waals surface area contributed by atoms with Gasteiger partial charge in [0.15, 0.2) is 0 Å². The van der Waals surface area contributed by atoms with E-state index in [1.165, 1.54) is 6.42 Å². The Morgan fingerprint density at radius 1 is 0.969 bits per heavy atom. The third-order valence-electron chi connectivity index (χ3n) is 6.72. The summed E-state index contributed by atoms with van der Waals surface area (Å²) in [5.41, 5.74) is 9.70. The van der Waals surface area contributed by atoms with Crippen LogP contribution in [0.25, 0.3) is 0 Å². The Balaban J connectivity index is 1.33. The van der Waals surface area contributed by atoms with Crippen LogP contribution in [0.4, 0.5) is 0 Å². The lowest BCUT2D eigenvalue weighted by Crippen LogP contribution is -2.36. The Labute approximate surface area is 190 Å². The molecular formula is C26H34N4O2. The molecule has 6 heteroatoms. The molecule has 2 aromatic carbocycles. The molecule has 0 radical (unpaired) electrons. The molecule has 6 nitrogen and oxygen atoms in total. The van der Waals surface area contributed by atoms with Crippen molar-refractivity contribution >= 4 is 11.8 Å². The number of hydrogen-bond donors (Lipinski definition) is 3. The van der Waals surface area contributed by atoms with Crippen LogP contribution in [0.2, 0.25) is 0 Å². The molecule has 2 atom stereocenters. The van der Waals surface area contributed by atoms with Gasteiger partial charge < -0.3 is 10.2 Å². The molecule has 0 bridgehead atoms. The van der Waals surface area contributed by atoms with Crippen LogP contribution in [-0.2, 0) is 22.7 Å². The lowest BCUT2D eigenvalue weighted by atomic mass is 9.88. The quantitative estimate of drug-likeness (QED) is 0.625. The molecule has 1 saturated carbocycles. The number of benzene rings is 2. The van der Waals surface area contributed by atoms with Gasteiger partial charge in [-0.15, -0.1) is 0 Å². The minimum absolute atomic E-state index is 0.0772. The smallest absolute Gasteiger partial charge is 0.229 e. The first-order chi connectivity index (χ1) is 15.6. The van der Waals surface area contributed by atoms with Crippen molar-refractivity contribution < 1.29 is 9.59 Å². The normalized spacial score (nSPS) is 21.3. The summed E-state index contributed by atoms with van der Waals surface area (Å²) in [6.45, 7) is 1.75. The molecule has 1 aliphatic carbocycles. The molecule has 1 saturated heterocycles. The number of amides is 2. The molecule has 1 aliphatic heterocycles. The molecule has 4 rings (SSSR count). The standard InChI is InChI=1S/C26H34N4O2/c1-30(18-20-8-4-2-5-9-20)26(32)23-17-28-29-24(23)21-14-12-19(13-15-21)16-27-25(31)22-10-6-3-7-11-22/h2,4-5,8-9,12-15,22-24,28-29H,3,6-7,10-11,16-18H2,1H3,(H,27,31). The first-order valence-electron chi connectivity index (χ1n) is 11.8. The minimum atomic E-state index is -0.166. The fourth-order valence-corrected chi connectivity index (χ4v) is 4.80. The van der Waals surface area contributed by atoms with E-state index in [1.807, 2.05) is 49.5 Å². The summed E-state index contributed by atoms with van der Waals surface area (Å²) >= 11 is 0. The van der Waals surface area contributed by atoms with E-state index in [4.69, 9.17) is 0 Å². The molecule has 3 N–H and O–H groups in total. The minimum Gasteiger partial charge on any atom is -0.352 e. The maximum absolute atomic E-state index is 13.1. The Bertz CT molecular complexity index is 894. The Morgan fingerprint density at radius 2 is 1.69 bits per heavy atom. The van der Waals surface area contributed by atoms with Crippen molar-refractivity contribution in [1.29, 1.82) is 0 Å². The van der Waals surface area contributed by atoms with Gasteiger partial charge >= 0.3 is 0 Å². The highest BCUT2D eigenvalue weighted by molar-refractivity contribution is 5.80. The van der Waals surface area contributed by atoms with E-state index in [-0.39, 0.29) is 29.7 Å². The average molecular weight is 435 g/mol. The second-order valence-electron chi connectivity index (χ2n) is 9.08. The average Bonchev–Trinajstić information content (AvgIpc) is 3.33. The summed E-state index contributed by atoms with van der Waals surface area (Å²) in [4.78, 5) is 27.3. The van der Waals surface area contributed by atoms with E-state index >= 15 is 0 Å². The van der Waals surface area contributed by atoms with E-state index < -0.39 is 0 Å². The largest absolute Gasteiger partial charge is 0.352 e. The molecule has 2 aliphatic rings. The maximum atomic E-state index is 13.1. The van der Waals surface area contributed by atoms with Gasteiger partial charge in [0.05, 0.1) is 12.0 Å². The molecule has 0 spiro atoms. The van der Waals surface area contributed by atoms with E-state index in [9.17, 15) is 9.59 Å². The Kier molecular flexibility index (Phi) is 7.55. The van der Waals surface area contributed by atoms with Crippen LogP contribution in [-0.4, -0.2) is 30.3 Å². The van der Waals surface area contributed by atoms with Gasteiger partial charge in [-0.1, -0.05) is 73.9 Å². The van der Waals surface area contributed by atoms with Gasteiger partial charge in [-0.25, -0.2) is 5.43 Å². The zero-order chi connectivity index (χ0) is 22.3. The lowest BCUT2D eigenvalue weighted by molar-refractivity contribution is -0.134. The van der Waals surface area contributed by atoms with E-state index in [2.05, 4.69) is 28.3 Å². The monoisotopic (exact) mass is 434 g/mol. The highest BCUT2D eigenvalue weighted by Gasteiger charge is 2.35. The molecule has 0 aromatic heterocycles. The van der Waals surface area contributed by atoms with Gasteiger partial charge in [0.1, 0.15) is 0 Å². The van der Waals surface area contributed by atoms with Crippen LogP contribution in [0.1, 0.15) is 54.8 Å². The zero-order valence-electron chi connectivity index (χ0n) is 18.8. The molecular weight excluding hydrogens is 400 g/mol. The second kappa shape index (κ2) is 10.7. The molecule has 2 aromatic rings. The fraction of sp³-hybridized carbons (Fsp3) is 0.462. The second-order valence-corrected chi connectivity index (χ2v) is 9.08. The first kappa shape index (κ1) is 22.5. The number of hydrogen-bond acceptors (Lipinski definition) is 4. The fourth-order valence-electron chi connectivity index (χ4n) is 4.80. The molecule has 170 valence electrons. The molecule has 2 unspecified atom stereocenters. The van der Waals surface area contributed by atoms with E-state index in [0.717, 1.165) is 42.4 Å². The predicted molar refractivity (Wildman–Crippen MR) is 125 cm³/mol. The van der Waals surface area contributed by atoms with Crippen LogP contribution < -0.4 is 16.2 Å². The topological polar surface area (TPSA) is 73.5 Å². The third kappa shape index (κ3) is 5.56.